The van der Waals surface area contributed by atoms with Crippen LogP contribution < -0.4 is 9.74 Å². The lowest BCUT2D eigenvalue weighted by molar-refractivity contribution is -0.123. The number of halogens is 1. The second kappa shape index (κ2) is 5.84. The molecule has 5 nitrogen and oxygen atoms in total. The van der Waals surface area contributed by atoms with Crippen molar-refractivity contribution in [1.29, 1.82) is 0 Å². The van der Waals surface area contributed by atoms with Crippen molar-refractivity contribution >= 4 is 52.5 Å². The summed E-state index contributed by atoms with van der Waals surface area (Å²) in [4.78, 5) is 27.0. The number of amides is 2. The Hall–Kier alpha value is -1.86. The third kappa shape index (κ3) is 3.06. The summed E-state index contributed by atoms with van der Waals surface area (Å²) < 4.78 is 6.62. The van der Waals surface area contributed by atoms with Crippen LogP contribution in [0.4, 0.5) is 0 Å². The van der Waals surface area contributed by atoms with Crippen LogP contribution in [0.1, 0.15) is 26.3 Å². The molecule has 2 N–H and O–H groups in total. The number of aromatic amines is 1. The molecule has 0 unspecified atom stereocenters. The van der Waals surface area contributed by atoms with Crippen molar-refractivity contribution in [2.75, 3.05) is 0 Å². The van der Waals surface area contributed by atoms with E-state index in [1.807, 2.05) is 18.2 Å². The molecule has 3 rings (SSSR count). The first-order valence-corrected chi connectivity index (χ1v) is 11.8. The Morgan fingerprint density at radius 3 is 2.36 bits per heavy atom. The molecule has 0 bridgehead atoms. The molecule has 7 heteroatoms. The summed E-state index contributed by atoms with van der Waals surface area (Å²) in [5.74, 6) is -0.0297. The molecule has 1 aliphatic heterocycles. The van der Waals surface area contributed by atoms with Crippen molar-refractivity contribution < 1.29 is 14.0 Å². The summed E-state index contributed by atoms with van der Waals surface area (Å²) in [6.07, 6.45) is 1.75. The predicted octanol–water partition coefficient (Wildman–Crippen LogP) is 4.31. The van der Waals surface area contributed by atoms with Crippen LogP contribution >= 0.6 is 15.9 Å². The number of nitrogens with one attached hydrogen (secondary N) is 2. The van der Waals surface area contributed by atoms with Crippen molar-refractivity contribution in [3.63, 3.8) is 0 Å². The Balaban J connectivity index is 2.07. The molecule has 0 fully saturated rings. The number of carbonyl (C=O) groups is 2. The van der Waals surface area contributed by atoms with Crippen LogP contribution in [0.2, 0.25) is 18.1 Å². The molecular formula is C18H21BrN2O3Si. The highest BCUT2D eigenvalue weighted by Gasteiger charge is 2.39. The first-order chi connectivity index (χ1) is 11.5. The van der Waals surface area contributed by atoms with Gasteiger partial charge in [0.2, 0.25) is 8.32 Å². The quantitative estimate of drug-likeness (QED) is 0.573. The van der Waals surface area contributed by atoms with Crippen LogP contribution in [0, 0.1) is 0 Å². The standard InChI is InChI=1S/C18H21BrN2O3Si/c1-18(2,3)25(4,5)24-10-6-7-13-11(8-10)12(9-20-13)14-15(19)17(23)21-16(14)22/h6-9,20H,1-5H3,(H,21,22,23). The highest BCUT2D eigenvalue weighted by atomic mass is 79.9. The molecule has 25 heavy (non-hydrogen) atoms. The van der Waals surface area contributed by atoms with Gasteiger partial charge in [-0.15, -0.1) is 0 Å². The van der Waals surface area contributed by atoms with E-state index in [-0.39, 0.29) is 9.52 Å². The zero-order valence-electron chi connectivity index (χ0n) is 14.9. The van der Waals surface area contributed by atoms with Crippen molar-refractivity contribution in [2.45, 2.75) is 38.9 Å². The third-order valence-corrected chi connectivity index (χ3v) is 10.1. The average molecular weight is 421 g/mol. The summed E-state index contributed by atoms with van der Waals surface area (Å²) in [5, 5.41) is 3.25. The topological polar surface area (TPSA) is 71.2 Å². The Labute approximate surface area is 156 Å². The van der Waals surface area contributed by atoms with E-state index < -0.39 is 20.1 Å². The minimum absolute atomic E-state index is 0.0895. The molecule has 1 aromatic carbocycles. The van der Waals surface area contributed by atoms with Crippen molar-refractivity contribution in [3.05, 3.63) is 34.4 Å². The molecule has 2 aromatic rings. The van der Waals surface area contributed by atoms with E-state index >= 15 is 0 Å². The van der Waals surface area contributed by atoms with Gasteiger partial charge in [0, 0.05) is 22.7 Å². The predicted molar refractivity (Wildman–Crippen MR) is 105 cm³/mol. The molecule has 0 saturated heterocycles. The fourth-order valence-corrected chi connectivity index (χ4v) is 4.01. The number of H-pyrrole nitrogens is 1. The Bertz CT molecular complexity index is 922. The highest BCUT2D eigenvalue weighted by Crippen LogP contribution is 2.39. The molecule has 0 saturated carbocycles. The van der Waals surface area contributed by atoms with Gasteiger partial charge < -0.3 is 9.41 Å². The molecule has 0 radical (unpaired) electrons. The van der Waals surface area contributed by atoms with Crippen LogP contribution in [0.3, 0.4) is 0 Å². The largest absolute Gasteiger partial charge is 0.543 e. The molecule has 0 spiro atoms. The van der Waals surface area contributed by atoms with Gasteiger partial charge in [-0.1, -0.05) is 20.8 Å². The zero-order valence-corrected chi connectivity index (χ0v) is 17.5. The van der Waals surface area contributed by atoms with Crippen molar-refractivity contribution in [1.82, 2.24) is 10.3 Å². The second-order valence-electron chi connectivity index (χ2n) is 7.74. The maximum absolute atomic E-state index is 12.1. The Morgan fingerprint density at radius 2 is 1.80 bits per heavy atom. The van der Waals surface area contributed by atoms with Gasteiger partial charge in [-0.2, -0.15) is 0 Å². The average Bonchev–Trinajstić information content (AvgIpc) is 2.99. The van der Waals surface area contributed by atoms with Gasteiger partial charge in [0.15, 0.2) is 0 Å². The third-order valence-electron chi connectivity index (χ3n) is 4.97. The number of hydrogen-bond donors (Lipinski definition) is 2. The summed E-state index contributed by atoms with van der Waals surface area (Å²) in [6.45, 7) is 11.0. The summed E-state index contributed by atoms with van der Waals surface area (Å²) in [6, 6.07) is 5.81. The normalized spacial score (nSPS) is 15.9. The van der Waals surface area contributed by atoms with E-state index in [9.17, 15) is 9.59 Å². The first kappa shape index (κ1) is 17.9. The molecule has 2 heterocycles. The van der Waals surface area contributed by atoms with Crippen LogP contribution in [-0.4, -0.2) is 25.1 Å². The number of imide groups is 1. The van der Waals surface area contributed by atoms with Crippen LogP contribution in [0.15, 0.2) is 28.9 Å². The van der Waals surface area contributed by atoms with Gasteiger partial charge in [-0.3, -0.25) is 14.9 Å². The Morgan fingerprint density at radius 1 is 1.12 bits per heavy atom. The molecule has 0 atom stereocenters. The van der Waals surface area contributed by atoms with Gasteiger partial charge >= 0.3 is 0 Å². The maximum atomic E-state index is 12.1. The van der Waals surface area contributed by atoms with Gasteiger partial charge in [0.25, 0.3) is 11.8 Å². The molecule has 0 aliphatic carbocycles. The van der Waals surface area contributed by atoms with Crippen molar-refractivity contribution in [2.24, 2.45) is 0 Å². The minimum Gasteiger partial charge on any atom is -0.543 e. The number of fused-ring (bicyclic) bond motifs is 1. The lowest BCUT2D eigenvalue weighted by Crippen LogP contribution is -2.43. The van der Waals surface area contributed by atoms with Gasteiger partial charge in [0.1, 0.15) is 5.75 Å². The van der Waals surface area contributed by atoms with Crippen LogP contribution in [0.5, 0.6) is 5.75 Å². The molecular weight excluding hydrogens is 400 g/mol. The molecule has 132 valence electrons. The smallest absolute Gasteiger partial charge is 0.265 e. The molecule has 1 aliphatic rings. The number of hydrogen-bond acceptors (Lipinski definition) is 3. The number of aromatic nitrogens is 1. The lowest BCUT2D eigenvalue weighted by Gasteiger charge is -2.36. The van der Waals surface area contributed by atoms with Crippen LogP contribution in [-0.2, 0) is 9.59 Å². The van der Waals surface area contributed by atoms with E-state index in [2.05, 4.69) is 60.1 Å². The van der Waals surface area contributed by atoms with Crippen LogP contribution in [0.25, 0.3) is 16.5 Å². The monoisotopic (exact) mass is 420 g/mol. The van der Waals surface area contributed by atoms with Gasteiger partial charge in [0.05, 0.1) is 10.1 Å². The minimum atomic E-state index is -1.96. The molecule has 2 amide bonds. The van der Waals surface area contributed by atoms with E-state index in [1.165, 1.54) is 0 Å². The SMILES string of the molecule is CC(C)(C)[Si](C)(C)Oc1ccc2[nH]cc(C3=C(Br)C(=O)NC3=O)c2c1. The summed E-state index contributed by atoms with van der Waals surface area (Å²) in [7, 11) is -1.96. The summed E-state index contributed by atoms with van der Waals surface area (Å²) >= 11 is 3.22. The van der Waals surface area contributed by atoms with Crippen molar-refractivity contribution in [3.8, 4) is 5.75 Å². The lowest BCUT2D eigenvalue weighted by atomic mass is 10.1. The molecule has 1 aromatic heterocycles. The number of benzene rings is 1. The number of carbonyl (C=O) groups excluding carboxylic acids is 2. The highest BCUT2D eigenvalue weighted by molar-refractivity contribution is 9.12. The fraction of sp³-hybridized carbons (Fsp3) is 0.333. The van der Waals surface area contributed by atoms with E-state index in [0.29, 0.717) is 11.1 Å². The Kier molecular flexibility index (Phi) is 4.19. The van der Waals surface area contributed by atoms with E-state index in [1.54, 1.807) is 6.20 Å². The van der Waals surface area contributed by atoms with Gasteiger partial charge in [-0.25, -0.2) is 0 Å². The van der Waals surface area contributed by atoms with E-state index in [4.69, 9.17) is 4.43 Å². The summed E-state index contributed by atoms with van der Waals surface area (Å²) in [5.41, 5.74) is 1.92. The van der Waals surface area contributed by atoms with Gasteiger partial charge in [-0.05, 0) is 52.3 Å². The maximum Gasteiger partial charge on any atom is 0.265 e. The zero-order chi connectivity index (χ0) is 18.6. The fourth-order valence-electron chi connectivity index (χ4n) is 2.49. The number of rotatable bonds is 3. The second-order valence-corrected chi connectivity index (χ2v) is 13.3. The van der Waals surface area contributed by atoms with E-state index in [0.717, 1.165) is 16.7 Å². The first-order valence-electron chi connectivity index (χ1n) is 8.07.